The largest absolute Gasteiger partial charge is 0.252 e. The summed E-state index contributed by atoms with van der Waals surface area (Å²) in [5.74, 6) is 0.400. The Hall–Kier alpha value is -0.280. The van der Waals surface area contributed by atoms with Crippen molar-refractivity contribution < 1.29 is 8.42 Å². The van der Waals surface area contributed by atoms with Crippen LogP contribution in [0.3, 0.4) is 0 Å². The van der Waals surface area contributed by atoms with Crippen LogP contribution in [-0.2, 0) is 10.0 Å². The molecule has 0 spiro atoms. The van der Waals surface area contributed by atoms with Gasteiger partial charge in [-0.2, -0.15) is 4.31 Å². The molecule has 20 heavy (non-hydrogen) atoms. The summed E-state index contributed by atoms with van der Waals surface area (Å²) in [6, 6.07) is 3.44. The first-order chi connectivity index (χ1) is 9.57. The molecule has 0 aromatic carbocycles. The first kappa shape index (κ1) is 14.6. The van der Waals surface area contributed by atoms with Crippen molar-refractivity contribution in [3.63, 3.8) is 0 Å². The standard InChI is InChI=1S/C12H13BrN2O2S3/c13-10-1-2-11(19-10)20(16,17)15-6-3-9(4-7-15)12-14-5-8-18-12/h1-2,5,8-9H,3-4,6-7H2. The smallest absolute Gasteiger partial charge is 0.249 e. The summed E-state index contributed by atoms with van der Waals surface area (Å²) < 4.78 is 27.8. The van der Waals surface area contributed by atoms with Crippen molar-refractivity contribution >= 4 is 48.6 Å². The molecule has 3 heterocycles. The molecule has 0 atom stereocenters. The van der Waals surface area contributed by atoms with E-state index in [1.165, 1.54) is 11.3 Å². The Balaban J connectivity index is 1.72. The van der Waals surface area contributed by atoms with Crippen LogP contribution in [0.4, 0.5) is 0 Å². The summed E-state index contributed by atoms with van der Waals surface area (Å²) in [4.78, 5) is 4.34. The van der Waals surface area contributed by atoms with Gasteiger partial charge in [0.2, 0.25) is 0 Å². The number of halogens is 1. The molecule has 0 aliphatic carbocycles. The molecule has 3 rings (SSSR count). The first-order valence-corrected chi connectivity index (χ1v) is 10.1. The molecular formula is C12H13BrN2O2S3. The van der Waals surface area contributed by atoms with Gasteiger partial charge in [-0.25, -0.2) is 13.4 Å². The molecule has 2 aromatic heterocycles. The molecule has 8 heteroatoms. The Bertz CT molecular complexity index is 673. The third-order valence-corrected chi connectivity index (χ3v) is 8.33. The summed E-state index contributed by atoms with van der Waals surface area (Å²) in [7, 11) is -3.33. The van der Waals surface area contributed by atoms with Crippen molar-refractivity contribution in [3.05, 3.63) is 32.5 Å². The number of hydrogen-bond donors (Lipinski definition) is 0. The van der Waals surface area contributed by atoms with Crippen molar-refractivity contribution in [1.29, 1.82) is 0 Å². The normalized spacial score (nSPS) is 18.4. The van der Waals surface area contributed by atoms with Gasteiger partial charge in [0.15, 0.2) is 0 Å². The van der Waals surface area contributed by atoms with E-state index in [0.717, 1.165) is 21.6 Å². The molecule has 0 amide bonds. The average molecular weight is 393 g/mol. The topological polar surface area (TPSA) is 50.3 Å². The van der Waals surface area contributed by atoms with Gasteiger partial charge in [0.05, 0.1) is 8.79 Å². The van der Waals surface area contributed by atoms with Gasteiger partial charge in [-0.15, -0.1) is 22.7 Å². The van der Waals surface area contributed by atoms with Gasteiger partial charge in [-0.1, -0.05) is 0 Å². The fourth-order valence-electron chi connectivity index (χ4n) is 2.34. The zero-order chi connectivity index (χ0) is 14.2. The molecule has 1 fully saturated rings. The molecule has 0 bridgehead atoms. The van der Waals surface area contributed by atoms with E-state index in [2.05, 4.69) is 20.9 Å². The predicted octanol–water partition coefficient (Wildman–Crippen LogP) is 3.54. The Morgan fingerprint density at radius 2 is 2.05 bits per heavy atom. The van der Waals surface area contributed by atoms with Crippen LogP contribution in [0, 0.1) is 0 Å². The number of sulfonamides is 1. The molecule has 0 unspecified atom stereocenters. The van der Waals surface area contributed by atoms with Gasteiger partial charge in [-0.3, -0.25) is 0 Å². The third-order valence-electron chi connectivity index (χ3n) is 3.40. The Kier molecular flexibility index (Phi) is 4.28. The molecule has 1 saturated heterocycles. The first-order valence-electron chi connectivity index (χ1n) is 6.22. The number of piperidine rings is 1. The molecule has 0 radical (unpaired) electrons. The average Bonchev–Trinajstić information content (AvgIpc) is 3.10. The maximum absolute atomic E-state index is 12.5. The fourth-order valence-corrected chi connectivity index (χ4v) is 6.79. The van der Waals surface area contributed by atoms with Crippen molar-refractivity contribution in [2.75, 3.05) is 13.1 Å². The summed E-state index contributed by atoms with van der Waals surface area (Å²) in [5.41, 5.74) is 0. The number of nitrogens with zero attached hydrogens (tertiary/aromatic N) is 2. The second-order valence-electron chi connectivity index (χ2n) is 4.61. The molecule has 4 nitrogen and oxygen atoms in total. The molecule has 108 valence electrons. The summed E-state index contributed by atoms with van der Waals surface area (Å²) in [5, 5.41) is 3.10. The molecule has 0 saturated carbocycles. The highest BCUT2D eigenvalue weighted by Gasteiger charge is 2.31. The second-order valence-corrected chi connectivity index (χ2v) is 10.2. The van der Waals surface area contributed by atoms with Crippen molar-refractivity contribution in [2.24, 2.45) is 0 Å². The molecule has 1 aliphatic heterocycles. The van der Waals surface area contributed by atoms with E-state index in [1.54, 1.807) is 27.8 Å². The summed E-state index contributed by atoms with van der Waals surface area (Å²) in [6.07, 6.45) is 3.50. The van der Waals surface area contributed by atoms with E-state index >= 15 is 0 Å². The van der Waals surface area contributed by atoms with Crippen LogP contribution in [-0.4, -0.2) is 30.8 Å². The van der Waals surface area contributed by atoms with Crippen molar-refractivity contribution in [3.8, 4) is 0 Å². The second kappa shape index (κ2) is 5.84. The van der Waals surface area contributed by atoms with Crippen LogP contribution in [0.1, 0.15) is 23.8 Å². The maximum atomic E-state index is 12.5. The highest BCUT2D eigenvalue weighted by molar-refractivity contribution is 9.11. The molecule has 0 N–H and O–H groups in total. The lowest BCUT2D eigenvalue weighted by atomic mass is 9.99. The minimum absolute atomic E-state index is 0.400. The fraction of sp³-hybridized carbons (Fsp3) is 0.417. The van der Waals surface area contributed by atoms with Crippen molar-refractivity contribution in [1.82, 2.24) is 9.29 Å². The lowest BCUT2D eigenvalue weighted by Crippen LogP contribution is -2.37. The zero-order valence-corrected chi connectivity index (χ0v) is 14.6. The number of hydrogen-bond acceptors (Lipinski definition) is 5. The van der Waals surface area contributed by atoms with Gasteiger partial charge in [-0.05, 0) is 40.9 Å². The van der Waals surface area contributed by atoms with Crippen LogP contribution in [0.2, 0.25) is 0 Å². The van der Waals surface area contributed by atoms with Crippen LogP contribution in [0.25, 0.3) is 0 Å². The number of aromatic nitrogens is 1. The minimum atomic E-state index is -3.33. The monoisotopic (exact) mass is 392 g/mol. The highest BCUT2D eigenvalue weighted by Crippen LogP contribution is 2.34. The van der Waals surface area contributed by atoms with E-state index in [9.17, 15) is 8.42 Å². The van der Waals surface area contributed by atoms with Crippen LogP contribution >= 0.6 is 38.6 Å². The lowest BCUT2D eigenvalue weighted by molar-refractivity contribution is 0.319. The third kappa shape index (κ3) is 2.85. The van der Waals surface area contributed by atoms with E-state index < -0.39 is 10.0 Å². The zero-order valence-electron chi connectivity index (χ0n) is 10.5. The summed E-state index contributed by atoms with van der Waals surface area (Å²) in [6.45, 7) is 1.14. The quantitative estimate of drug-likeness (QED) is 0.802. The molecule has 2 aromatic rings. The predicted molar refractivity (Wildman–Crippen MR) is 84.9 cm³/mol. The van der Waals surface area contributed by atoms with E-state index in [0.29, 0.717) is 23.2 Å². The van der Waals surface area contributed by atoms with E-state index in [1.807, 2.05) is 11.6 Å². The number of thiophene rings is 1. The van der Waals surface area contributed by atoms with Crippen LogP contribution in [0.15, 0.2) is 31.7 Å². The van der Waals surface area contributed by atoms with E-state index in [-0.39, 0.29) is 0 Å². The minimum Gasteiger partial charge on any atom is -0.249 e. The summed E-state index contributed by atoms with van der Waals surface area (Å²) >= 11 is 6.23. The van der Waals surface area contributed by atoms with Gasteiger partial charge in [0.1, 0.15) is 4.21 Å². The van der Waals surface area contributed by atoms with Gasteiger partial charge >= 0.3 is 0 Å². The van der Waals surface area contributed by atoms with E-state index in [4.69, 9.17) is 0 Å². The number of thiazole rings is 1. The maximum Gasteiger partial charge on any atom is 0.252 e. The van der Waals surface area contributed by atoms with Gasteiger partial charge in [0.25, 0.3) is 10.0 Å². The Morgan fingerprint density at radius 1 is 1.30 bits per heavy atom. The number of rotatable bonds is 3. The highest BCUT2D eigenvalue weighted by atomic mass is 79.9. The lowest BCUT2D eigenvalue weighted by Gasteiger charge is -2.29. The van der Waals surface area contributed by atoms with Gasteiger partial charge < -0.3 is 0 Å². The van der Waals surface area contributed by atoms with Crippen molar-refractivity contribution in [2.45, 2.75) is 23.0 Å². The Labute approximate surface area is 134 Å². The van der Waals surface area contributed by atoms with Crippen LogP contribution < -0.4 is 0 Å². The molecular weight excluding hydrogens is 380 g/mol. The SMILES string of the molecule is O=S(=O)(c1ccc(Br)s1)N1CCC(c2nccs2)CC1. The van der Waals surface area contributed by atoms with Crippen LogP contribution in [0.5, 0.6) is 0 Å². The molecule has 1 aliphatic rings. The Morgan fingerprint density at radius 3 is 2.60 bits per heavy atom. The van der Waals surface area contributed by atoms with Gasteiger partial charge in [0, 0.05) is 30.6 Å².